The van der Waals surface area contributed by atoms with E-state index in [1.165, 1.54) is 0 Å². The minimum atomic E-state index is -0.365. The molecule has 0 fully saturated rings. The first-order chi connectivity index (χ1) is 5.25. The van der Waals surface area contributed by atoms with Crippen LogP contribution in [0, 0.1) is 0 Å². The fraction of sp³-hybridized carbons (Fsp3) is 0.429. The molecule has 0 aliphatic rings. The molecule has 3 nitrogen and oxygen atoms in total. The number of carbonyl (C=O) groups excluding carboxylic acids is 1. The monoisotopic (exact) mass is 172 g/mol. The van der Waals surface area contributed by atoms with Crippen molar-refractivity contribution in [2.75, 3.05) is 0 Å². The number of aromatic nitrogens is 2. The van der Waals surface area contributed by atoms with E-state index in [0.717, 1.165) is 0 Å². The first kappa shape index (κ1) is 8.27. The normalized spacial score (nSPS) is 12.9. The van der Waals surface area contributed by atoms with E-state index in [4.69, 9.17) is 11.6 Å². The summed E-state index contributed by atoms with van der Waals surface area (Å²) in [5.74, 6) is 0. The van der Waals surface area contributed by atoms with Crippen molar-refractivity contribution >= 4 is 16.8 Å². The molecule has 1 aromatic rings. The summed E-state index contributed by atoms with van der Waals surface area (Å²) in [5.41, 5.74) is 0. The molecule has 0 radical (unpaired) electrons. The average molecular weight is 173 g/mol. The van der Waals surface area contributed by atoms with Gasteiger partial charge in [0.1, 0.15) is 6.04 Å². The van der Waals surface area contributed by atoms with E-state index in [9.17, 15) is 4.79 Å². The zero-order valence-corrected chi connectivity index (χ0v) is 6.95. The molecule has 1 unspecified atom stereocenters. The summed E-state index contributed by atoms with van der Waals surface area (Å²) in [6.07, 6.45) is 4.03. The quantitative estimate of drug-likeness (QED) is 0.650. The van der Waals surface area contributed by atoms with Crippen LogP contribution in [-0.2, 0) is 4.79 Å². The van der Waals surface area contributed by atoms with Gasteiger partial charge in [-0.3, -0.25) is 9.48 Å². The van der Waals surface area contributed by atoms with E-state index in [1.54, 1.807) is 23.1 Å². The van der Waals surface area contributed by atoms with Crippen molar-refractivity contribution in [3.63, 3.8) is 0 Å². The van der Waals surface area contributed by atoms with Gasteiger partial charge in [-0.05, 0) is 24.1 Å². The molecular formula is C7H9ClN2O. The predicted molar refractivity (Wildman–Crippen MR) is 42.4 cm³/mol. The van der Waals surface area contributed by atoms with Crippen molar-refractivity contribution in [2.45, 2.75) is 19.4 Å². The number of rotatable bonds is 3. The summed E-state index contributed by atoms with van der Waals surface area (Å²) < 4.78 is 1.56. The van der Waals surface area contributed by atoms with Crippen LogP contribution < -0.4 is 0 Å². The van der Waals surface area contributed by atoms with Gasteiger partial charge in [0.05, 0.1) is 0 Å². The molecule has 11 heavy (non-hydrogen) atoms. The highest BCUT2D eigenvalue weighted by Gasteiger charge is 2.15. The maximum Gasteiger partial charge on any atom is 0.246 e. The zero-order chi connectivity index (χ0) is 8.27. The molecule has 0 aliphatic carbocycles. The van der Waals surface area contributed by atoms with Crippen LogP contribution in [0.15, 0.2) is 18.5 Å². The minimum Gasteiger partial charge on any atom is -0.279 e. The lowest BCUT2D eigenvalue weighted by Crippen LogP contribution is -2.14. The third kappa shape index (κ3) is 1.80. The van der Waals surface area contributed by atoms with Crippen LogP contribution >= 0.6 is 11.6 Å². The Morgan fingerprint density at radius 2 is 2.55 bits per heavy atom. The van der Waals surface area contributed by atoms with Gasteiger partial charge < -0.3 is 0 Å². The molecule has 0 amide bonds. The highest BCUT2D eigenvalue weighted by molar-refractivity contribution is 6.64. The van der Waals surface area contributed by atoms with Gasteiger partial charge in [-0.1, -0.05) is 6.92 Å². The standard InChI is InChI=1S/C7H9ClN2O/c1-2-6(7(8)11)10-5-3-4-9-10/h3-6H,2H2,1H3. The Hall–Kier alpha value is -0.830. The Balaban J connectivity index is 2.79. The maximum absolute atomic E-state index is 10.8. The maximum atomic E-state index is 10.8. The van der Waals surface area contributed by atoms with Crippen LogP contribution in [0.5, 0.6) is 0 Å². The second kappa shape index (κ2) is 3.53. The van der Waals surface area contributed by atoms with Gasteiger partial charge in [0.2, 0.25) is 5.24 Å². The Kier molecular flexibility index (Phi) is 2.65. The fourth-order valence-electron chi connectivity index (χ4n) is 0.917. The van der Waals surface area contributed by atoms with Crippen LogP contribution in [0.2, 0.25) is 0 Å². The average Bonchev–Trinajstić information content (AvgIpc) is 2.40. The summed E-state index contributed by atoms with van der Waals surface area (Å²) in [6.45, 7) is 1.90. The molecule has 0 saturated heterocycles. The number of hydrogen-bond donors (Lipinski definition) is 0. The molecule has 1 rings (SSSR count). The van der Waals surface area contributed by atoms with Gasteiger partial charge in [-0.15, -0.1) is 0 Å². The van der Waals surface area contributed by atoms with E-state index < -0.39 is 0 Å². The van der Waals surface area contributed by atoms with Crippen LogP contribution in [0.4, 0.5) is 0 Å². The topological polar surface area (TPSA) is 34.9 Å². The van der Waals surface area contributed by atoms with E-state index in [1.807, 2.05) is 6.92 Å². The van der Waals surface area contributed by atoms with Crippen LogP contribution in [0.1, 0.15) is 19.4 Å². The summed E-state index contributed by atoms with van der Waals surface area (Å²) in [7, 11) is 0. The van der Waals surface area contributed by atoms with Crippen LogP contribution in [0.25, 0.3) is 0 Å². The van der Waals surface area contributed by atoms with Gasteiger partial charge in [0, 0.05) is 12.4 Å². The van der Waals surface area contributed by atoms with Crippen molar-refractivity contribution in [3.8, 4) is 0 Å². The molecule has 1 heterocycles. The molecule has 4 heteroatoms. The van der Waals surface area contributed by atoms with Crippen molar-refractivity contribution in [2.24, 2.45) is 0 Å². The van der Waals surface area contributed by atoms with Crippen molar-refractivity contribution in [3.05, 3.63) is 18.5 Å². The molecule has 0 aliphatic heterocycles. The number of hydrogen-bond acceptors (Lipinski definition) is 2. The molecule has 0 N–H and O–H groups in total. The molecule has 0 aromatic carbocycles. The minimum absolute atomic E-state index is 0.313. The summed E-state index contributed by atoms with van der Waals surface area (Å²) in [4.78, 5) is 10.8. The van der Waals surface area contributed by atoms with Gasteiger partial charge in [-0.2, -0.15) is 5.10 Å². The predicted octanol–water partition coefficient (Wildman–Crippen LogP) is 1.60. The van der Waals surface area contributed by atoms with E-state index >= 15 is 0 Å². The summed E-state index contributed by atoms with van der Waals surface area (Å²) >= 11 is 5.34. The molecule has 60 valence electrons. The molecule has 0 bridgehead atoms. The highest BCUT2D eigenvalue weighted by atomic mass is 35.5. The first-order valence-electron chi connectivity index (χ1n) is 3.44. The van der Waals surface area contributed by atoms with E-state index in [2.05, 4.69) is 5.10 Å². The molecule has 0 spiro atoms. The van der Waals surface area contributed by atoms with Crippen molar-refractivity contribution < 1.29 is 4.79 Å². The molecule has 1 aromatic heterocycles. The van der Waals surface area contributed by atoms with Gasteiger partial charge >= 0.3 is 0 Å². The Labute approximate surface area is 70.0 Å². The summed E-state index contributed by atoms with van der Waals surface area (Å²) in [5, 5.41) is 3.56. The third-order valence-electron chi connectivity index (χ3n) is 1.49. The third-order valence-corrected chi connectivity index (χ3v) is 1.74. The zero-order valence-electron chi connectivity index (χ0n) is 6.20. The van der Waals surface area contributed by atoms with Gasteiger partial charge in [0.15, 0.2) is 0 Å². The van der Waals surface area contributed by atoms with Crippen molar-refractivity contribution in [1.82, 2.24) is 9.78 Å². The lowest BCUT2D eigenvalue weighted by molar-refractivity contribution is -0.114. The summed E-state index contributed by atoms with van der Waals surface area (Å²) in [6, 6.07) is 1.45. The molecule has 1 atom stereocenters. The van der Waals surface area contributed by atoms with E-state index in [0.29, 0.717) is 6.42 Å². The number of carbonyl (C=O) groups is 1. The lowest BCUT2D eigenvalue weighted by atomic mass is 10.2. The second-order valence-corrected chi connectivity index (χ2v) is 2.59. The number of nitrogens with zero attached hydrogens (tertiary/aromatic N) is 2. The van der Waals surface area contributed by atoms with Crippen molar-refractivity contribution in [1.29, 1.82) is 0 Å². The Bertz CT molecular complexity index is 233. The fourth-order valence-corrected chi connectivity index (χ4v) is 1.17. The van der Waals surface area contributed by atoms with Gasteiger partial charge in [-0.25, -0.2) is 0 Å². The highest BCUT2D eigenvalue weighted by Crippen LogP contribution is 2.12. The molecule has 0 saturated carbocycles. The SMILES string of the molecule is CCC(C(=O)Cl)n1cccn1. The Morgan fingerprint density at radius 1 is 1.82 bits per heavy atom. The van der Waals surface area contributed by atoms with Crippen LogP contribution in [0.3, 0.4) is 0 Å². The first-order valence-corrected chi connectivity index (χ1v) is 3.82. The van der Waals surface area contributed by atoms with Gasteiger partial charge in [0.25, 0.3) is 0 Å². The van der Waals surface area contributed by atoms with E-state index in [-0.39, 0.29) is 11.3 Å². The van der Waals surface area contributed by atoms with Crippen LogP contribution in [-0.4, -0.2) is 15.0 Å². The largest absolute Gasteiger partial charge is 0.279 e. The lowest BCUT2D eigenvalue weighted by Gasteiger charge is -2.08. The Morgan fingerprint density at radius 3 is 2.91 bits per heavy atom. The molecular weight excluding hydrogens is 164 g/mol. The second-order valence-electron chi connectivity index (χ2n) is 2.21. The smallest absolute Gasteiger partial charge is 0.246 e. The number of halogens is 1.